The lowest BCUT2D eigenvalue weighted by Gasteiger charge is -2.37. The van der Waals surface area contributed by atoms with Crippen molar-refractivity contribution in [1.82, 2.24) is 10.6 Å². The summed E-state index contributed by atoms with van der Waals surface area (Å²) in [6.07, 6.45) is 5.10. The second kappa shape index (κ2) is 9.87. The Kier molecular flexibility index (Phi) is 6.97. The van der Waals surface area contributed by atoms with E-state index in [0.717, 1.165) is 43.4 Å². The van der Waals surface area contributed by atoms with E-state index in [0.29, 0.717) is 18.7 Å². The number of anilines is 1. The molecule has 1 saturated carbocycles. The molecule has 8 heteroatoms. The van der Waals surface area contributed by atoms with Crippen LogP contribution in [0.15, 0.2) is 18.2 Å². The first-order valence-electron chi connectivity index (χ1n) is 11.5. The molecule has 2 aliphatic heterocycles. The number of amides is 3. The summed E-state index contributed by atoms with van der Waals surface area (Å²) in [6.45, 7) is 2.48. The van der Waals surface area contributed by atoms with Gasteiger partial charge in [0.05, 0.1) is 19.1 Å². The summed E-state index contributed by atoms with van der Waals surface area (Å²) in [5.41, 5.74) is 1.70. The van der Waals surface area contributed by atoms with Crippen molar-refractivity contribution in [2.45, 2.75) is 82.1 Å². The summed E-state index contributed by atoms with van der Waals surface area (Å²) in [7, 11) is 0. The van der Waals surface area contributed by atoms with Crippen LogP contribution in [0.3, 0.4) is 0 Å². The molecule has 0 spiro atoms. The molecule has 3 aliphatic rings. The maximum atomic E-state index is 12.4. The number of hydrogen-bond acceptors (Lipinski definition) is 5. The highest BCUT2D eigenvalue weighted by molar-refractivity contribution is 5.89. The van der Waals surface area contributed by atoms with Crippen LogP contribution in [0.2, 0.25) is 0 Å². The Bertz CT molecular complexity index is 795. The molecule has 0 unspecified atom stereocenters. The molecular weight excluding hydrogens is 398 g/mol. The van der Waals surface area contributed by atoms with Crippen molar-refractivity contribution in [3.63, 3.8) is 0 Å². The number of ether oxygens (including phenoxy) is 2. The van der Waals surface area contributed by atoms with Gasteiger partial charge in [0.15, 0.2) is 0 Å². The van der Waals surface area contributed by atoms with Gasteiger partial charge in [-0.2, -0.15) is 0 Å². The van der Waals surface area contributed by atoms with Crippen molar-refractivity contribution in [1.29, 1.82) is 0 Å². The second-order valence-corrected chi connectivity index (χ2v) is 8.79. The molecule has 0 radical (unpaired) electrons. The molecule has 31 heavy (non-hydrogen) atoms. The molecule has 1 saturated heterocycles. The highest BCUT2D eigenvalue weighted by Crippen LogP contribution is 2.47. The first-order valence-corrected chi connectivity index (χ1v) is 11.5. The second-order valence-electron chi connectivity index (χ2n) is 8.79. The van der Waals surface area contributed by atoms with Gasteiger partial charge < -0.3 is 30.5 Å². The average molecular weight is 432 g/mol. The number of benzene rings is 1. The molecule has 4 rings (SSSR count). The number of hydrogen-bond donors (Lipinski definition) is 4. The molecule has 4 N–H and O–H groups in total. The highest BCUT2D eigenvalue weighted by atomic mass is 16.6. The molecular formula is C23H33N3O5. The maximum Gasteiger partial charge on any atom is 0.319 e. The molecule has 1 aliphatic carbocycles. The predicted octanol–water partition coefficient (Wildman–Crippen LogP) is 2.66. The summed E-state index contributed by atoms with van der Waals surface area (Å²) in [4.78, 5) is 24.5. The molecule has 1 aromatic carbocycles. The fourth-order valence-corrected chi connectivity index (χ4v) is 4.93. The van der Waals surface area contributed by atoms with Crippen LogP contribution >= 0.6 is 0 Å². The first kappa shape index (κ1) is 21.9. The smallest absolute Gasteiger partial charge is 0.319 e. The van der Waals surface area contributed by atoms with E-state index in [-0.39, 0.29) is 49.1 Å². The van der Waals surface area contributed by atoms with E-state index in [1.807, 2.05) is 25.1 Å². The Morgan fingerprint density at radius 2 is 2.03 bits per heavy atom. The Labute approximate surface area is 183 Å². The number of aliphatic hydroxyl groups excluding tert-OH is 1. The lowest BCUT2D eigenvalue weighted by molar-refractivity contribution is -0.142. The van der Waals surface area contributed by atoms with Crippen molar-refractivity contribution in [2.75, 3.05) is 18.5 Å². The number of rotatable bonds is 7. The fourth-order valence-electron chi connectivity index (χ4n) is 4.93. The van der Waals surface area contributed by atoms with Gasteiger partial charge in [-0.05, 0) is 43.9 Å². The summed E-state index contributed by atoms with van der Waals surface area (Å²) in [6, 6.07) is 5.70. The molecule has 8 nitrogen and oxygen atoms in total. The van der Waals surface area contributed by atoms with Crippen LogP contribution in [0.5, 0.6) is 5.75 Å². The molecule has 0 aromatic heterocycles. The molecule has 2 fully saturated rings. The van der Waals surface area contributed by atoms with Gasteiger partial charge in [-0.3, -0.25) is 4.79 Å². The lowest BCUT2D eigenvalue weighted by Crippen LogP contribution is -2.47. The maximum absolute atomic E-state index is 12.4. The van der Waals surface area contributed by atoms with E-state index in [1.165, 1.54) is 0 Å². The van der Waals surface area contributed by atoms with Gasteiger partial charge >= 0.3 is 6.03 Å². The monoisotopic (exact) mass is 431 g/mol. The van der Waals surface area contributed by atoms with E-state index in [2.05, 4.69) is 16.0 Å². The normalized spacial score (nSPS) is 27.2. The van der Waals surface area contributed by atoms with E-state index < -0.39 is 6.10 Å². The third kappa shape index (κ3) is 5.13. The Morgan fingerprint density at radius 3 is 2.77 bits per heavy atom. The first-order chi connectivity index (χ1) is 15.1. The quantitative estimate of drug-likeness (QED) is 0.531. The Balaban J connectivity index is 1.43. The Morgan fingerprint density at radius 1 is 1.23 bits per heavy atom. The lowest BCUT2D eigenvalue weighted by atomic mass is 9.84. The van der Waals surface area contributed by atoms with Crippen molar-refractivity contribution in [3.05, 3.63) is 23.8 Å². The molecule has 2 heterocycles. The highest BCUT2D eigenvalue weighted by Gasteiger charge is 2.46. The van der Waals surface area contributed by atoms with Gasteiger partial charge in [0.25, 0.3) is 0 Å². The number of carbonyl (C=O) groups is 2. The molecule has 4 atom stereocenters. The summed E-state index contributed by atoms with van der Waals surface area (Å²) < 4.78 is 12.1. The van der Waals surface area contributed by atoms with Crippen LogP contribution in [-0.4, -0.2) is 54.6 Å². The van der Waals surface area contributed by atoms with E-state index in [4.69, 9.17) is 9.47 Å². The van der Waals surface area contributed by atoms with Crippen LogP contribution < -0.4 is 20.7 Å². The number of carbonyl (C=O) groups excluding carboxylic acids is 2. The van der Waals surface area contributed by atoms with Gasteiger partial charge in [0, 0.05) is 29.8 Å². The predicted molar refractivity (Wildman–Crippen MR) is 116 cm³/mol. The van der Waals surface area contributed by atoms with Gasteiger partial charge in [-0.15, -0.1) is 0 Å². The summed E-state index contributed by atoms with van der Waals surface area (Å²) in [5, 5.41) is 18.7. The zero-order chi connectivity index (χ0) is 21.8. The van der Waals surface area contributed by atoms with Crippen molar-refractivity contribution in [3.8, 4) is 5.75 Å². The minimum absolute atomic E-state index is 0.00418. The van der Waals surface area contributed by atoms with Crippen LogP contribution in [0, 0.1) is 0 Å². The van der Waals surface area contributed by atoms with Crippen LogP contribution in [0.25, 0.3) is 0 Å². The third-order valence-corrected chi connectivity index (χ3v) is 6.43. The standard InChI is InChI=1S/C23H33N3O5/c1-2-9-24-21(28)12-16-11-18-17-10-15(26-23(29)25-14-5-3-4-6-14)7-8-19(17)31-22(18)20(13-27)30-16/h7-8,10,14,16,18,20,22,27H,2-6,9,11-13H2,1H3,(H,24,28)(H2,25,26,29)/t16-,18-,20+,22+/m1/s1. The van der Waals surface area contributed by atoms with Crippen LogP contribution in [0.4, 0.5) is 10.5 Å². The SMILES string of the molecule is CCCNC(=O)C[C@H]1C[C@@H]2c3cc(NC(=O)NC4CCCC4)ccc3O[C@@H]2[C@H](CO)O1. The van der Waals surface area contributed by atoms with Crippen molar-refractivity contribution in [2.24, 2.45) is 0 Å². The summed E-state index contributed by atoms with van der Waals surface area (Å²) >= 11 is 0. The van der Waals surface area contributed by atoms with Gasteiger partial charge in [0.1, 0.15) is 18.0 Å². The number of nitrogens with one attached hydrogen (secondary N) is 3. The van der Waals surface area contributed by atoms with Crippen LogP contribution in [-0.2, 0) is 9.53 Å². The molecule has 0 bridgehead atoms. The van der Waals surface area contributed by atoms with Crippen LogP contribution in [0.1, 0.15) is 63.4 Å². The fraction of sp³-hybridized carbons (Fsp3) is 0.652. The third-order valence-electron chi connectivity index (χ3n) is 6.43. The molecule has 170 valence electrons. The minimum Gasteiger partial charge on any atom is -0.487 e. The average Bonchev–Trinajstić information content (AvgIpc) is 3.39. The molecule has 3 amide bonds. The molecule has 1 aromatic rings. The van der Waals surface area contributed by atoms with E-state index in [1.54, 1.807) is 0 Å². The van der Waals surface area contributed by atoms with Crippen molar-refractivity contribution < 1.29 is 24.2 Å². The zero-order valence-electron chi connectivity index (χ0n) is 18.1. The number of aliphatic hydroxyl groups is 1. The number of fused-ring (bicyclic) bond motifs is 3. The van der Waals surface area contributed by atoms with E-state index >= 15 is 0 Å². The van der Waals surface area contributed by atoms with Gasteiger partial charge in [-0.1, -0.05) is 19.8 Å². The van der Waals surface area contributed by atoms with Gasteiger partial charge in [0.2, 0.25) is 5.91 Å². The number of urea groups is 1. The summed E-state index contributed by atoms with van der Waals surface area (Å²) in [5.74, 6) is 0.708. The topological polar surface area (TPSA) is 109 Å². The Hall–Kier alpha value is -2.32. The van der Waals surface area contributed by atoms with Gasteiger partial charge in [-0.25, -0.2) is 4.79 Å². The largest absolute Gasteiger partial charge is 0.487 e. The van der Waals surface area contributed by atoms with Crippen molar-refractivity contribution >= 4 is 17.6 Å². The van der Waals surface area contributed by atoms with E-state index in [9.17, 15) is 14.7 Å². The zero-order valence-corrected chi connectivity index (χ0v) is 18.1. The minimum atomic E-state index is -0.489.